The summed E-state index contributed by atoms with van der Waals surface area (Å²) in [5, 5.41) is 40.8. The van der Waals surface area contributed by atoms with Crippen LogP contribution >= 0.6 is 11.3 Å². The van der Waals surface area contributed by atoms with Crippen molar-refractivity contribution in [2.45, 2.75) is 155 Å². The molecule has 5 aliphatic rings. The third-order valence-electron chi connectivity index (χ3n) is 20.0. The summed E-state index contributed by atoms with van der Waals surface area (Å²) in [6.45, 7) is 11.3. The number of ether oxygens (including phenoxy) is 2. The molecule has 4 fully saturated rings. The fourth-order valence-corrected chi connectivity index (χ4v) is 17.4. The number of amides is 7. The van der Waals surface area contributed by atoms with Gasteiger partial charge in [0.25, 0.3) is 17.7 Å². The number of thiazole rings is 1. The van der Waals surface area contributed by atoms with Gasteiger partial charge in [0.05, 0.1) is 57.9 Å². The number of para-hydroxylation sites is 1. The maximum atomic E-state index is 13.9. The highest BCUT2D eigenvalue weighted by Gasteiger charge is 2.66. The van der Waals surface area contributed by atoms with Gasteiger partial charge in [-0.3, -0.25) is 58.2 Å². The number of benzene rings is 3. The fourth-order valence-electron chi connectivity index (χ4n) is 16.5. The van der Waals surface area contributed by atoms with Crippen LogP contribution in [0.25, 0.3) is 43.5 Å². The van der Waals surface area contributed by atoms with E-state index in [0.29, 0.717) is 87.5 Å². The molecule has 0 saturated heterocycles. The van der Waals surface area contributed by atoms with Crippen LogP contribution in [-0.4, -0.2) is 143 Å². The number of carbonyl (C=O) groups is 10. The maximum absolute atomic E-state index is 13.9. The zero-order chi connectivity index (χ0) is 72.7. The molecule has 7 aromatic rings. The summed E-state index contributed by atoms with van der Waals surface area (Å²) in [7, 11) is 0. The van der Waals surface area contributed by atoms with Gasteiger partial charge in [-0.05, 0) is 153 Å². The second-order valence-corrected chi connectivity index (χ2v) is 29.9. The number of pyridine rings is 2. The Balaban J connectivity index is 0.681. The lowest BCUT2D eigenvalue weighted by Gasteiger charge is -2.69. The van der Waals surface area contributed by atoms with Gasteiger partial charge in [0.2, 0.25) is 11.8 Å². The number of fused-ring (bicyclic) bond motifs is 2. The highest BCUT2D eigenvalue weighted by atomic mass is 32.1. The average molecular weight is 1410 g/mol. The Morgan fingerprint density at radius 2 is 1.52 bits per heavy atom. The zero-order valence-electron chi connectivity index (χ0n) is 57.8. The van der Waals surface area contributed by atoms with E-state index in [2.05, 4.69) is 50.4 Å². The number of anilines is 2. The maximum Gasteiger partial charge on any atom is 0.355 e. The Morgan fingerprint density at radius 3 is 2.23 bits per heavy atom. The van der Waals surface area contributed by atoms with Gasteiger partial charge in [-0.25, -0.2) is 19.6 Å². The third kappa shape index (κ3) is 17.4. The molecule has 0 spiro atoms. The van der Waals surface area contributed by atoms with Gasteiger partial charge < -0.3 is 46.7 Å². The van der Waals surface area contributed by atoms with Crippen LogP contribution in [-0.2, 0) is 56.2 Å². The van der Waals surface area contributed by atoms with Crippen molar-refractivity contribution in [3.8, 4) is 22.4 Å². The minimum Gasteiger partial charge on any atom is -0.481 e. The zero-order valence-corrected chi connectivity index (χ0v) is 58.6. The number of Topliss-reactive ketones (excluding diaryl/α,β-unsaturated/α-hetero) is 1. The summed E-state index contributed by atoms with van der Waals surface area (Å²) in [6, 6.07) is 21.8. The van der Waals surface area contributed by atoms with Crippen molar-refractivity contribution in [2.75, 3.05) is 36.9 Å². The molecule has 27 heteroatoms. The topological polar surface area (TPSA) is 376 Å². The number of ketones is 1. The molecule has 102 heavy (non-hydrogen) atoms. The van der Waals surface area contributed by atoms with Crippen molar-refractivity contribution in [3.05, 3.63) is 132 Å². The minimum absolute atomic E-state index is 0.0597. The molecular formula is C75H86N12O14S. The van der Waals surface area contributed by atoms with Crippen LogP contribution in [0.2, 0.25) is 0 Å². The average Bonchev–Trinajstić information content (AvgIpc) is 0.782. The Labute approximate surface area is 593 Å². The fraction of sp³-hybridized carbons (Fsp3) is 0.440. The number of aliphatic carboxylic acids is 1. The van der Waals surface area contributed by atoms with E-state index in [1.165, 1.54) is 23.5 Å². The van der Waals surface area contributed by atoms with E-state index in [-0.39, 0.29) is 109 Å². The summed E-state index contributed by atoms with van der Waals surface area (Å²) < 4.78 is 15.5. The molecule has 4 saturated carbocycles. The number of primary amides is 1. The summed E-state index contributed by atoms with van der Waals surface area (Å²) in [5.41, 5.74) is 9.71. The van der Waals surface area contributed by atoms with Crippen molar-refractivity contribution < 1.29 is 67.6 Å². The van der Waals surface area contributed by atoms with Crippen LogP contribution in [0.15, 0.2) is 109 Å². The van der Waals surface area contributed by atoms with Crippen LogP contribution in [0.4, 0.5) is 15.6 Å². The molecule has 536 valence electrons. The summed E-state index contributed by atoms with van der Waals surface area (Å²) in [6.07, 6.45) is 12.4. The summed E-state index contributed by atoms with van der Waals surface area (Å²) in [4.78, 5) is 143. The van der Waals surface area contributed by atoms with Gasteiger partial charge in [-0.15, -0.1) is 0 Å². The number of carbonyl (C=O) groups excluding carboxylic acids is 8. The number of hydrogen-bond donors (Lipinski definition) is 8. The van der Waals surface area contributed by atoms with Crippen LogP contribution < -0.4 is 32.3 Å². The molecule has 1 aliphatic heterocycles. The molecule has 4 aliphatic carbocycles. The predicted octanol–water partition coefficient (Wildman–Crippen LogP) is 9.93. The summed E-state index contributed by atoms with van der Waals surface area (Å²) in [5.74, 6) is -6.65. The van der Waals surface area contributed by atoms with Crippen LogP contribution in [0, 0.1) is 35.0 Å². The van der Waals surface area contributed by atoms with E-state index in [9.17, 15) is 58.2 Å². The molecule has 9 N–H and O–H groups in total. The number of imide groups is 1. The van der Waals surface area contributed by atoms with Gasteiger partial charge in [0.1, 0.15) is 12.6 Å². The first kappa shape index (κ1) is 73.1. The Kier molecular flexibility index (Phi) is 22.2. The van der Waals surface area contributed by atoms with E-state index in [4.69, 9.17) is 25.3 Å². The number of unbranched alkanes of at least 4 members (excludes halogenated alkanes) is 2. The minimum atomic E-state index is -1.21. The number of nitrogens with one attached hydrogen (secondary N) is 5. The van der Waals surface area contributed by atoms with E-state index in [1.54, 1.807) is 86.9 Å². The first-order valence-corrected chi connectivity index (χ1v) is 35.4. The quantitative estimate of drug-likeness (QED) is 0.0106. The number of aromatic nitrogens is 5. The van der Waals surface area contributed by atoms with E-state index in [1.807, 2.05) is 35.9 Å². The molecule has 4 aromatic heterocycles. The summed E-state index contributed by atoms with van der Waals surface area (Å²) >= 11 is 1.37. The van der Waals surface area contributed by atoms with Gasteiger partial charge in [-0.1, -0.05) is 75.8 Å². The monoisotopic (exact) mass is 1410 g/mol. The van der Waals surface area contributed by atoms with E-state index >= 15 is 0 Å². The molecule has 4 bridgehead atoms. The highest BCUT2D eigenvalue weighted by Crippen LogP contribution is 2.72. The standard InChI is InChI=1S/C75H86N12O14S/c1-44(2)64(84-60(89)15-7-6-10-30-86-61(90)24-25-62(86)91)58(88)33-48(12-11-27-79-70(76)99)66(94)81-49-19-16-46(17-20-49)36-100-69(98)57(34-63(92)93)78-29-31-101-75-40-72(4)37-73(5,41-75)39-74(38-72,42-75)43-87-45(3)53(35-80-87)50-21-23-54(82-65(50)68(96)97)47-18-22-55-52(32-47)51(26-28-77-55)67(95)85-71-83-56-13-8-9-14-59(56)102-71/h8-9,13-14,16-26,28,32,35,44,48,57,64,78H,6-7,10-12,15,27,29-31,33-34,36-43H2,1-5H3,(H,81,94)(H,84,89)(H,92,93)(H,96,97)(H3,76,79,99)(H,83,85,95)/t48-,57?,64+,72?,73?,74?,75?/m1/s1. The molecule has 3 aromatic carbocycles. The molecule has 5 heterocycles. The number of rotatable bonds is 34. The predicted molar refractivity (Wildman–Crippen MR) is 380 cm³/mol. The number of carboxylic acid groups (broad SMARTS) is 2. The van der Waals surface area contributed by atoms with Crippen molar-refractivity contribution in [1.82, 2.24) is 45.6 Å². The first-order valence-electron chi connectivity index (χ1n) is 34.6. The highest BCUT2D eigenvalue weighted by molar-refractivity contribution is 7.22. The number of aromatic carboxylic acids is 1. The lowest BCUT2D eigenvalue weighted by molar-refractivity contribution is -0.247. The number of nitrogens with two attached hydrogens (primary N) is 1. The van der Waals surface area contributed by atoms with Crippen molar-refractivity contribution >= 4 is 103 Å². The van der Waals surface area contributed by atoms with Crippen LogP contribution in [0.3, 0.4) is 0 Å². The van der Waals surface area contributed by atoms with Gasteiger partial charge in [0, 0.05) is 96.7 Å². The molecule has 7 amide bonds. The number of hydrogen-bond acceptors (Lipinski definition) is 18. The molecule has 26 nitrogen and oxygen atoms in total. The smallest absolute Gasteiger partial charge is 0.355 e. The van der Waals surface area contributed by atoms with Crippen LogP contribution in [0.5, 0.6) is 0 Å². The molecule has 0 radical (unpaired) electrons. The van der Waals surface area contributed by atoms with Gasteiger partial charge in [0.15, 0.2) is 16.6 Å². The SMILES string of the molecule is Cc1c(-c2ccc(-c3ccc4nccc(C(=O)Nc5nc6ccccc6s5)c4c3)nc2C(=O)O)cnn1CC12CC3(C)CC(C)(C1)CC(OCCNC(CC(=O)O)C(=O)OCc1ccc(NC(=O)[C@H](CCCNC(N)=O)CC(=O)[C@@H](NC(=O)CCCCCN4C(=O)C=CC4=O)C(C)C)cc1)(C3)C2. The van der Waals surface area contributed by atoms with Crippen molar-refractivity contribution in [1.29, 1.82) is 0 Å². The first-order chi connectivity index (χ1) is 48.7. The van der Waals surface area contributed by atoms with Crippen molar-refractivity contribution in [2.24, 2.45) is 33.8 Å². The second kappa shape index (κ2) is 31.0. The van der Waals surface area contributed by atoms with Gasteiger partial charge >= 0.3 is 23.9 Å². The van der Waals surface area contributed by atoms with E-state index < -0.39 is 59.9 Å². The number of urea groups is 1. The lowest BCUT2D eigenvalue weighted by Crippen LogP contribution is -2.64. The number of nitrogens with zero attached hydrogens (tertiary/aromatic N) is 6. The molecule has 3 unspecified atom stereocenters. The molecule has 5 atom stereocenters. The van der Waals surface area contributed by atoms with Crippen LogP contribution in [0.1, 0.15) is 150 Å². The third-order valence-corrected chi connectivity index (χ3v) is 20.9. The number of esters is 1. The Hall–Kier alpha value is -10.1. The normalized spacial score (nSPS) is 20.5. The Bertz CT molecular complexity index is 4360. The number of carboxylic acids is 2. The van der Waals surface area contributed by atoms with Crippen molar-refractivity contribution in [3.63, 3.8) is 0 Å². The molecule has 12 rings (SSSR count). The van der Waals surface area contributed by atoms with E-state index in [0.717, 1.165) is 59.3 Å². The largest absolute Gasteiger partial charge is 0.481 e. The second-order valence-electron chi connectivity index (χ2n) is 28.9. The van der Waals surface area contributed by atoms with Gasteiger partial charge in [-0.2, -0.15) is 5.10 Å². The molecular weight excluding hydrogens is 1320 g/mol. The lowest BCUT2D eigenvalue weighted by atomic mass is 9.39. The Morgan fingerprint density at radius 1 is 0.775 bits per heavy atom.